The first-order valence-corrected chi connectivity index (χ1v) is 13.7. The van der Waals surface area contributed by atoms with Gasteiger partial charge in [0.1, 0.15) is 0 Å². The van der Waals surface area contributed by atoms with E-state index in [1.807, 2.05) is 11.8 Å². The minimum absolute atomic E-state index is 0.0652. The third kappa shape index (κ3) is 8.03. The van der Waals surface area contributed by atoms with E-state index >= 15 is 0 Å². The van der Waals surface area contributed by atoms with Crippen LogP contribution >= 0.6 is 0 Å². The molecule has 2 aliphatic heterocycles. The summed E-state index contributed by atoms with van der Waals surface area (Å²) in [5.74, 6) is -0.177. The lowest BCUT2D eigenvalue weighted by molar-refractivity contribution is -0.137. The Morgan fingerprint density at radius 2 is 1.63 bits per heavy atom. The third-order valence-electron chi connectivity index (χ3n) is 6.88. The first-order valence-electron chi connectivity index (χ1n) is 13.7. The number of urea groups is 2. The Bertz CT molecular complexity index is 1240. The van der Waals surface area contributed by atoms with Gasteiger partial charge in [0, 0.05) is 62.9 Å². The van der Waals surface area contributed by atoms with E-state index in [-0.39, 0.29) is 17.6 Å². The molecule has 0 bridgehead atoms. The van der Waals surface area contributed by atoms with Crippen molar-refractivity contribution in [3.8, 4) is 0 Å². The molecular weight excluding hydrogens is 541 g/mol. The molecule has 3 N–H and O–H groups in total. The summed E-state index contributed by atoms with van der Waals surface area (Å²) in [6, 6.07) is 8.87. The second-order valence-electron chi connectivity index (χ2n) is 9.85. The van der Waals surface area contributed by atoms with Crippen LogP contribution in [0.2, 0.25) is 0 Å². The number of morpholine rings is 1. The molecule has 2 heterocycles. The Kier molecular flexibility index (Phi) is 9.92. The standard InChI is InChI=1S/C28H35F3N6O4/c1-2-9-32-26(39)33-22-7-8-24(23(19-22)25(38)36-14-16-41-17-15-36)35-10-4-11-37(13-12-35)27(40)34-21-6-3-5-20(18-21)28(29,30)31/h3,5-8,18-19H,2,4,9-17H2,1H3,(H,34,40)(H2,32,33,39). The van der Waals surface area contributed by atoms with E-state index < -0.39 is 17.8 Å². The van der Waals surface area contributed by atoms with Crippen molar-refractivity contribution >= 4 is 35.0 Å². The summed E-state index contributed by atoms with van der Waals surface area (Å²) in [6.07, 6.45) is -3.14. The summed E-state index contributed by atoms with van der Waals surface area (Å²) in [7, 11) is 0. The van der Waals surface area contributed by atoms with E-state index in [4.69, 9.17) is 4.74 Å². The normalized spacial score (nSPS) is 16.1. The molecule has 0 saturated carbocycles. The molecule has 0 radical (unpaired) electrons. The van der Waals surface area contributed by atoms with Gasteiger partial charge in [-0.05, 0) is 49.2 Å². The number of nitrogens with one attached hydrogen (secondary N) is 3. The number of nitrogens with zero attached hydrogens (tertiary/aromatic N) is 3. The van der Waals surface area contributed by atoms with Gasteiger partial charge < -0.3 is 35.4 Å². The van der Waals surface area contributed by atoms with Gasteiger partial charge in [-0.3, -0.25) is 4.79 Å². The number of halogens is 3. The molecule has 2 fully saturated rings. The van der Waals surface area contributed by atoms with Gasteiger partial charge in [-0.2, -0.15) is 13.2 Å². The molecule has 0 aromatic heterocycles. The predicted molar refractivity (Wildman–Crippen MR) is 149 cm³/mol. The SMILES string of the molecule is CCCNC(=O)Nc1ccc(N2CCCN(C(=O)Nc3cccc(C(F)(F)F)c3)CC2)c(C(=O)N2CCOCC2)c1. The summed E-state index contributed by atoms with van der Waals surface area (Å²) in [4.78, 5) is 44.1. The lowest BCUT2D eigenvalue weighted by Gasteiger charge is -2.30. The van der Waals surface area contributed by atoms with Gasteiger partial charge in [0.2, 0.25) is 0 Å². The number of hydrogen-bond donors (Lipinski definition) is 3. The molecule has 10 nitrogen and oxygen atoms in total. The fourth-order valence-electron chi connectivity index (χ4n) is 4.75. The summed E-state index contributed by atoms with van der Waals surface area (Å²) >= 11 is 0. The number of carbonyl (C=O) groups excluding carboxylic acids is 3. The molecule has 0 spiro atoms. The number of amides is 5. The van der Waals surface area contributed by atoms with Crippen molar-refractivity contribution < 1.29 is 32.3 Å². The van der Waals surface area contributed by atoms with Gasteiger partial charge in [-0.1, -0.05) is 13.0 Å². The van der Waals surface area contributed by atoms with Crippen LogP contribution in [0.15, 0.2) is 42.5 Å². The minimum Gasteiger partial charge on any atom is -0.378 e. The third-order valence-corrected chi connectivity index (χ3v) is 6.88. The number of benzene rings is 2. The number of anilines is 3. The van der Waals surface area contributed by atoms with E-state index in [1.165, 1.54) is 12.1 Å². The number of carbonyl (C=O) groups is 3. The molecule has 5 amide bonds. The van der Waals surface area contributed by atoms with Crippen molar-refractivity contribution in [1.82, 2.24) is 15.1 Å². The monoisotopic (exact) mass is 576 g/mol. The maximum Gasteiger partial charge on any atom is 0.416 e. The number of rotatable bonds is 6. The van der Waals surface area contributed by atoms with Crippen molar-refractivity contribution in [2.45, 2.75) is 25.9 Å². The molecule has 0 aliphatic carbocycles. The van der Waals surface area contributed by atoms with E-state index in [0.29, 0.717) is 82.4 Å². The van der Waals surface area contributed by atoms with E-state index in [2.05, 4.69) is 16.0 Å². The largest absolute Gasteiger partial charge is 0.416 e. The van der Waals surface area contributed by atoms with Crippen LogP contribution < -0.4 is 20.9 Å². The molecule has 41 heavy (non-hydrogen) atoms. The Hall–Kier alpha value is -4.00. The topological polar surface area (TPSA) is 106 Å². The highest BCUT2D eigenvalue weighted by Gasteiger charge is 2.31. The van der Waals surface area contributed by atoms with Crippen LogP contribution in [0.3, 0.4) is 0 Å². The smallest absolute Gasteiger partial charge is 0.378 e. The van der Waals surface area contributed by atoms with E-state index in [1.54, 1.807) is 28.0 Å². The van der Waals surface area contributed by atoms with Crippen LogP contribution in [0, 0.1) is 0 Å². The molecule has 13 heteroatoms. The lowest BCUT2D eigenvalue weighted by atomic mass is 10.1. The average Bonchev–Trinajstić information content (AvgIpc) is 3.22. The molecule has 4 rings (SSSR count). The number of hydrogen-bond acceptors (Lipinski definition) is 5. The van der Waals surface area contributed by atoms with Gasteiger partial charge in [0.25, 0.3) is 5.91 Å². The van der Waals surface area contributed by atoms with Crippen LogP contribution in [0.1, 0.15) is 35.7 Å². The number of alkyl halides is 3. The summed E-state index contributed by atoms with van der Waals surface area (Å²) < 4.78 is 44.6. The van der Waals surface area contributed by atoms with Crippen LogP contribution in [0.5, 0.6) is 0 Å². The molecule has 222 valence electrons. The van der Waals surface area contributed by atoms with Crippen LogP contribution in [-0.2, 0) is 10.9 Å². The summed E-state index contributed by atoms with van der Waals surface area (Å²) in [5.41, 5.74) is 0.824. The van der Waals surface area contributed by atoms with Crippen molar-refractivity contribution in [2.75, 3.05) is 74.6 Å². The summed E-state index contributed by atoms with van der Waals surface area (Å²) in [6.45, 7) is 5.92. The Morgan fingerprint density at radius 1 is 0.878 bits per heavy atom. The minimum atomic E-state index is -4.51. The summed E-state index contributed by atoms with van der Waals surface area (Å²) in [5, 5.41) is 8.10. The highest BCUT2D eigenvalue weighted by molar-refractivity contribution is 6.02. The quantitative estimate of drug-likeness (QED) is 0.471. The zero-order valence-electron chi connectivity index (χ0n) is 22.9. The second kappa shape index (κ2) is 13.6. The Labute approximate surface area is 236 Å². The van der Waals surface area contributed by atoms with E-state index in [9.17, 15) is 27.6 Å². The predicted octanol–water partition coefficient (Wildman–Crippen LogP) is 4.45. The van der Waals surface area contributed by atoms with Gasteiger partial charge in [-0.15, -0.1) is 0 Å². The molecule has 0 unspecified atom stereocenters. The van der Waals surface area contributed by atoms with Gasteiger partial charge in [0.05, 0.1) is 24.3 Å². The van der Waals surface area contributed by atoms with E-state index in [0.717, 1.165) is 18.6 Å². The Morgan fingerprint density at radius 3 is 2.37 bits per heavy atom. The molecule has 2 aromatic rings. The molecule has 2 aliphatic rings. The fourth-order valence-corrected chi connectivity index (χ4v) is 4.75. The molecular formula is C28H35F3N6O4. The molecule has 2 saturated heterocycles. The Balaban J connectivity index is 1.49. The first-order chi connectivity index (χ1) is 19.7. The highest BCUT2D eigenvalue weighted by Crippen LogP contribution is 2.31. The van der Waals surface area contributed by atoms with Crippen LogP contribution in [0.4, 0.5) is 39.8 Å². The maximum atomic E-state index is 13.6. The van der Waals surface area contributed by atoms with Crippen molar-refractivity contribution in [3.63, 3.8) is 0 Å². The van der Waals surface area contributed by atoms with Crippen molar-refractivity contribution in [3.05, 3.63) is 53.6 Å². The van der Waals surface area contributed by atoms with Gasteiger partial charge in [-0.25, -0.2) is 9.59 Å². The first kappa shape index (κ1) is 30.0. The van der Waals surface area contributed by atoms with Gasteiger partial charge in [0.15, 0.2) is 0 Å². The van der Waals surface area contributed by atoms with Crippen LogP contribution in [0.25, 0.3) is 0 Å². The number of ether oxygens (including phenoxy) is 1. The van der Waals surface area contributed by atoms with Crippen LogP contribution in [-0.4, -0.2) is 86.8 Å². The average molecular weight is 577 g/mol. The highest BCUT2D eigenvalue weighted by atomic mass is 19.4. The maximum absolute atomic E-state index is 13.6. The van der Waals surface area contributed by atoms with Crippen molar-refractivity contribution in [2.24, 2.45) is 0 Å². The molecule has 0 atom stereocenters. The zero-order chi connectivity index (χ0) is 29.4. The molecule has 2 aromatic carbocycles. The zero-order valence-corrected chi connectivity index (χ0v) is 22.9. The van der Waals surface area contributed by atoms with Gasteiger partial charge >= 0.3 is 18.2 Å². The second-order valence-corrected chi connectivity index (χ2v) is 9.85. The fraction of sp³-hybridized carbons (Fsp3) is 0.464. The van der Waals surface area contributed by atoms with Crippen molar-refractivity contribution in [1.29, 1.82) is 0 Å². The lowest BCUT2D eigenvalue weighted by Crippen LogP contribution is -2.42.